The van der Waals surface area contributed by atoms with Crippen molar-refractivity contribution >= 4 is 28.7 Å². The number of hydrogen-bond acceptors (Lipinski definition) is 3. The molecule has 0 aromatic heterocycles. The van der Waals surface area contributed by atoms with Crippen LogP contribution in [0.2, 0.25) is 0 Å². The fourth-order valence-electron chi connectivity index (χ4n) is 3.12. The Morgan fingerprint density at radius 2 is 2.08 bits per heavy atom. The van der Waals surface area contributed by atoms with E-state index < -0.39 is 0 Å². The summed E-state index contributed by atoms with van der Waals surface area (Å²) in [6, 6.07) is 16.5. The Balaban J connectivity index is 1.39. The third-order valence-electron chi connectivity index (χ3n) is 4.28. The molecule has 1 aliphatic heterocycles. The maximum absolute atomic E-state index is 5.50. The zero-order valence-corrected chi connectivity index (χ0v) is 15.4. The van der Waals surface area contributed by atoms with Crippen LogP contribution in [0.1, 0.15) is 18.9 Å². The molecule has 0 radical (unpaired) electrons. The van der Waals surface area contributed by atoms with Gasteiger partial charge >= 0.3 is 0 Å². The molecule has 0 spiro atoms. The molecule has 25 heavy (non-hydrogen) atoms. The van der Waals surface area contributed by atoms with Gasteiger partial charge in [-0.15, -0.1) is 0 Å². The molecule has 2 aromatic rings. The standard InChI is InChI=1S/C20H25N3OS/c1-2-24-18-9-5-8-17(15-18)22-20(25)21-12-6-13-23-14-11-16-7-3-4-10-19(16)23/h3-5,7-10,15H,2,6,11-14H2,1H3,(H2,21,22,25). The van der Waals surface area contributed by atoms with E-state index in [1.54, 1.807) is 0 Å². The molecule has 0 fully saturated rings. The number of anilines is 2. The van der Waals surface area contributed by atoms with Crippen LogP contribution >= 0.6 is 12.2 Å². The normalized spacial score (nSPS) is 12.6. The van der Waals surface area contributed by atoms with Crippen molar-refractivity contribution in [3.63, 3.8) is 0 Å². The van der Waals surface area contributed by atoms with Gasteiger partial charge in [0.05, 0.1) is 6.61 Å². The van der Waals surface area contributed by atoms with E-state index in [-0.39, 0.29) is 0 Å². The topological polar surface area (TPSA) is 36.5 Å². The predicted octanol–water partition coefficient (Wildman–Crippen LogP) is 3.82. The van der Waals surface area contributed by atoms with E-state index in [9.17, 15) is 0 Å². The fraction of sp³-hybridized carbons (Fsp3) is 0.350. The molecule has 0 amide bonds. The predicted molar refractivity (Wildman–Crippen MR) is 109 cm³/mol. The van der Waals surface area contributed by atoms with Gasteiger partial charge in [-0.2, -0.15) is 0 Å². The van der Waals surface area contributed by atoms with E-state index >= 15 is 0 Å². The Kier molecular flexibility index (Phi) is 6.12. The fourth-order valence-corrected chi connectivity index (χ4v) is 3.34. The number of thiocarbonyl (C=S) groups is 1. The van der Waals surface area contributed by atoms with Crippen LogP contribution in [0.4, 0.5) is 11.4 Å². The van der Waals surface area contributed by atoms with E-state index in [1.165, 1.54) is 11.3 Å². The summed E-state index contributed by atoms with van der Waals surface area (Å²) in [6.07, 6.45) is 2.20. The number of fused-ring (bicyclic) bond motifs is 1. The van der Waals surface area contributed by atoms with Crippen LogP contribution in [-0.2, 0) is 6.42 Å². The van der Waals surface area contributed by atoms with Crippen LogP contribution in [0, 0.1) is 0 Å². The van der Waals surface area contributed by atoms with Gasteiger partial charge in [0, 0.05) is 37.1 Å². The second-order valence-corrected chi connectivity index (χ2v) is 6.47. The first-order chi connectivity index (χ1) is 12.3. The average molecular weight is 356 g/mol. The Morgan fingerprint density at radius 1 is 1.20 bits per heavy atom. The molecule has 0 saturated heterocycles. The summed E-state index contributed by atoms with van der Waals surface area (Å²) in [5, 5.41) is 7.14. The van der Waals surface area contributed by atoms with Crippen LogP contribution in [-0.4, -0.2) is 31.4 Å². The van der Waals surface area contributed by atoms with Crippen molar-refractivity contribution < 1.29 is 4.74 Å². The smallest absolute Gasteiger partial charge is 0.170 e. The molecule has 4 nitrogen and oxygen atoms in total. The summed E-state index contributed by atoms with van der Waals surface area (Å²) in [4.78, 5) is 2.46. The van der Waals surface area contributed by atoms with Gasteiger partial charge in [-0.3, -0.25) is 0 Å². The van der Waals surface area contributed by atoms with Crippen molar-refractivity contribution in [3.8, 4) is 5.75 Å². The second-order valence-electron chi connectivity index (χ2n) is 6.06. The molecule has 132 valence electrons. The van der Waals surface area contributed by atoms with Crippen LogP contribution in [0.3, 0.4) is 0 Å². The van der Waals surface area contributed by atoms with E-state index in [1.807, 2.05) is 31.2 Å². The highest BCUT2D eigenvalue weighted by Crippen LogP contribution is 2.27. The van der Waals surface area contributed by atoms with E-state index in [0.717, 1.165) is 43.9 Å². The van der Waals surface area contributed by atoms with E-state index in [4.69, 9.17) is 17.0 Å². The highest BCUT2D eigenvalue weighted by atomic mass is 32.1. The Bertz CT molecular complexity index is 720. The van der Waals surface area contributed by atoms with Gasteiger partial charge in [0.1, 0.15) is 5.75 Å². The minimum absolute atomic E-state index is 0.649. The lowest BCUT2D eigenvalue weighted by Crippen LogP contribution is -2.32. The minimum atomic E-state index is 0.649. The lowest BCUT2D eigenvalue weighted by Gasteiger charge is -2.19. The van der Waals surface area contributed by atoms with Gasteiger partial charge < -0.3 is 20.3 Å². The van der Waals surface area contributed by atoms with Crippen molar-refractivity contribution in [2.75, 3.05) is 36.5 Å². The molecule has 2 N–H and O–H groups in total. The third-order valence-corrected chi connectivity index (χ3v) is 4.52. The first-order valence-electron chi connectivity index (χ1n) is 8.87. The van der Waals surface area contributed by atoms with Crippen LogP contribution in [0.5, 0.6) is 5.75 Å². The summed E-state index contributed by atoms with van der Waals surface area (Å²) >= 11 is 5.38. The number of hydrogen-bond donors (Lipinski definition) is 2. The average Bonchev–Trinajstić information content (AvgIpc) is 3.03. The quantitative estimate of drug-likeness (QED) is 0.583. The molecule has 5 heteroatoms. The SMILES string of the molecule is CCOc1cccc(NC(=S)NCCCN2CCc3ccccc32)c1. The molecule has 1 heterocycles. The van der Waals surface area contributed by atoms with Crippen molar-refractivity contribution in [3.05, 3.63) is 54.1 Å². The van der Waals surface area contributed by atoms with Crippen LogP contribution < -0.4 is 20.3 Å². The van der Waals surface area contributed by atoms with Gasteiger partial charge in [-0.05, 0) is 55.7 Å². The number of rotatable bonds is 7. The van der Waals surface area contributed by atoms with Crippen LogP contribution in [0.15, 0.2) is 48.5 Å². The largest absolute Gasteiger partial charge is 0.494 e. The molecular formula is C20H25N3OS. The van der Waals surface area contributed by atoms with E-state index in [0.29, 0.717) is 11.7 Å². The van der Waals surface area contributed by atoms with Gasteiger partial charge in [0.15, 0.2) is 5.11 Å². The van der Waals surface area contributed by atoms with E-state index in [2.05, 4.69) is 39.8 Å². The van der Waals surface area contributed by atoms with Gasteiger partial charge in [-0.1, -0.05) is 24.3 Å². The van der Waals surface area contributed by atoms with Crippen molar-refractivity contribution in [1.82, 2.24) is 5.32 Å². The number of ether oxygens (including phenoxy) is 1. The Morgan fingerprint density at radius 3 is 2.96 bits per heavy atom. The molecule has 2 aromatic carbocycles. The van der Waals surface area contributed by atoms with Gasteiger partial charge in [0.25, 0.3) is 0 Å². The molecule has 0 atom stereocenters. The molecule has 1 aliphatic rings. The summed E-state index contributed by atoms with van der Waals surface area (Å²) in [5.41, 5.74) is 3.79. The zero-order valence-electron chi connectivity index (χ0n) is 14.6. The van der Waals surface area contributed by atoms with Crippen molar-refractivity contribution in [2.24, 2.45) is 0 Å². The first kappa shape index (κ1) is 17.5. The highest BCUT2D eigenvalue weighted by Gasteiger charge is 2.17. The van der Waals surface area contributed by atoms with Crippen molar-refractivity contribution in [2.45, 2.75) is 19.8 Å². The lowest BCUT2D eigenvalue weighted by molar-refractivity contribution is 0.340. The minimum Gasteiger partial charge on any atom is -0.494 e. The second kappa shape index (κ2) is 8.72. The van der Waals surface area contributed by atoms with Gasteiger partial charge in [0.2, 0.25) is 0 Å². The summed E-state index contributed by atoms with van der Waals surface area (Å²) in [7, 11) is 0. The monoisotopic (exact) mass is 355 g/mol. The highest BCUT2D eigenvalue weighted by molar-refractivity contribution is 7.80. The lowest BCUT2D eigenvalue weighted by atomic mass is 10.2. The first-order valence-corrected chi connectivity index (χ1v) is 9.27. The number of benzene rings is 2. The van der Waals surface area contributed by atoms with Crippen molar-refractivity contribution in [1.29, 1.82) is 0 Å². The summed E-state index contributed by atoms with van der Waals surface area (Å²) in [6.45, 7) is 5.66. The molecular weight excluding hydrogens is 330 g/mol. The molecule has 0 saturated carbocycles. The van der Waals surface area contributed by atoms with Crippen LogP contribution in [0.25, 0.3) is 0 Å². The third kappa shape index (κ3) is 4.86. The maximum atomic E-state index is 5.50. The zero-order chi connectivity index (χ0) is 17.5. The molecule has 0 bridgehead atoms. The Labute approximate surface area is 155 Å². The summed E-state index contributed by atoms with van der Waals surface area (Å²) < 4.78 is 5.50. The number of para-hydroxylation sites is 1. The molecule has 3 rings (SSSR count). The molecule has 0 unspecified atom stereocenters. The summed E-state index contributed by atoms with van der Waals surface area (Å²) in [5.74, 6) is 0.850. The Hall–Kier alpha value is -2.27. The maximum Gasteiger partial charge on any atom is 0.170 e. The number of nitrogens with zero attached hydrogens (tertiary/aromatic N) is 1. The molecule has 0 aliphatic carbocycles. The van der Waals surface area contributed by atoms with Gasteiger partial charge in [-0.25, -0.2) is 0 Å². The number of nitrogens with one attached hydrogen (secondary N) is 2.